The van der Waals surface area contributed by atoms with Crippen LogP contribution in [0.5, 0.6) is 0 Å². The number of aromatic nitrogens is 1. The number of hydrogen-bond acceptors (Lipinski definition) is 3. The molecule has 2 aromatic rings. The van der Waals surface area contributed by atoms with Gasteiger partial charge in [-0.25, -0.2) is 4.39 Å². The van der Waals surface area contributed by atoms with Crippen molar-refractivity contribution in [3.63, 3.8) is 0 Å². The number of benzene rings is 1. The van der Waals surface area contributed by atoms with Crippen molar-refractivity contribution in [2.24, 2.45) is 5.92 Å². The quantitative estimate of drug-likeness (QED) is 0.778. The Morgan fingerprint density at radius 3 is 2.59 bits per heavy atom. The van der Waals surface area contributed by atoms with Crippen LogP contribution in [0.3, 0.4) is 0 Å². The van der Waals surface area contributed by atoms with Gasteiger partial charge >= 0.3 is 6.18 Å². The van der Waals surface area contributed by atoms with Gasteiger partial charge in [-0.2, -0.15) is 13.2 Å². The van der Waals surface area contributed by atoms with Crippen molar-refractivity contribution in [3.8, 4) is 0 Å². The normalized spacial score (nSPS) is 14.1. The SMILES string of the molecule is O=C(NCc1cccc(C(F)(F)F)c1F)c1ccnc(CC(=O)C2CC2)c1. The number of ketones is 1. The van der Waals surface area contributed by atoms with Crippen LogP contribution in [0.4, 0.5) is 17.6 Å². The third-order valence-electron chi connectivity index (χ3n) is 4.29. The van der Waals surface area contributed by atoms with Crippen molar-refractivity contribution in [2.75, 3.05) is 0 Å². The predicted molar refractivity (Wildman–Crippen MR) is 88.2 cm³/mol. The highest BCUT2D eigenvalue weighted by Crippen LogP contribution is 2.32. The number of carbonyl (C=O) groups excluding carboxylic acids is 2. The topological polar surface area (TPSA) is 59.1 Å². The van der Waals surface area contributed by atoms with Crippen molar-refractivity contribution in [2.45, 2.75) is 32.0 Å². The summed E-state index contributed by atoms with van der Waals surface area (Å²) in [6, 6.07) is 5.78. The summed E-state index contributed by atoms with van der Waals surface area (Å²) in [5.74, 6) is -1.84. The van der Waals surface area contributed by atoms with Gasteiger partial charge in [0.05, 0.1) is 5.56 Å². The van der Waals surface area contributed by atoms with E-state index in [0.717, 1.165) is 18.9 Å². The molecule has 1 heterocycles. The lowest BCUT2D eigenvalue weighted by Gasteiger charge is -2.12. The first-order chi connectivity index (χ1) is 12.8. The average Bonchev–Trinajstić information content (AvgIpc) is 3.45. The van der Waals surface area contributed by atoms with Gasteiger partial charge in [0.25, 0.3) is 5.91 Å². The molecule has 4 nitrogen and oxygen atoms in total. The number of amides is 1. The van der Waals surface area contributed by atoms with Crippen LogP contribution < -0.4 is 5.32 Å². The second kappa shape index (κ2) is 7.46. The smallest absolute Gasteiger partial charge is 0.348 e. The summed E-state index contributed by atoms with van der Waals surface area (Å²) in [6.07, 6.45) is -1.54. The highest BCUT2D eigenvalue weighted by Gasteiger charge is 2.34. The third kappa shape index (κ3) is 4.69. The summed E-state index contributed by atoms with van der Waals surface area (Å²) in [5, 5.41) is 2.39. The van der Waals surface area contributed by atoms with E-state index in [2.05, 4.69) is 10.3 Å². The van der Waals surface area contributed by atoms with Crippen LogP contribution in [0.1, 0.15) is 40.0 Å². The molecule has 27 heavy (non-hydrogen) atoms. The third-order valence-corrected chi connectivity index (χ3v) is 4.29. The zero-order valence-electron chi connectivity index (χ0n) is 14.1. The van der Waals surface area contributed by atoms with Gasteiger partial charge in [0.2, 0.25) is 0 Å². The Kier molecular flexibility index (Phi) is 5.25. The maximum absolute atomic E-state index is 14.0. The number of carbonyl (C=O) groups is 2. The predicted octanol–water partition coefficient (Wildman–Crippen LogP) is 3.69. The number of nitrogens with zero attached hydrogens (tertiary/aromatic N) is 1. The molecule has 0 atom stereocenters. The minimum Gasteiger partial charge on any atom is -0.348 e. The average molecular weight is 380 g/mol. The largest absolute Gasteiger partial charge is 0.419 e. The number of pyridine rings is 1. The Balaban J connectivity index is 1.67. The summed E-state index contributed by atoms with van der Waals surface area (Å²) in [6.45, 7) is -0.396. The van der Waals surface area contributed by atoms with E-state index in [9.17, 15) is 27.2 Å². The van der Waals surface area contributed by atoms with Gasteiger partial charge in [-0.3, -0.25) is 14.6 Å². The van der Waals surface area contributed by atoms with Crippen LogP contribution in [0.2, 0.25) is 0 Å². The fourth-order valence-electron chi connectivity index (χ4n) is 2.66. The molecule has 0 radical (unpaired) electrons. The second-order valence-electron chi connectivity index (χ2n) is 6.41. The molecule has 0 aliphatic heterocycles. The summed E-state index contributed by atoms with van der Waals surface area (Å²) < 4.78 is 52.2. The molecule has 0 bridgehead atoms. The molecule has 0 saturated heterocycles. The Labute approximate surface area is 152 Å². The van der Waals surface area contributed by atoms with Gasteiger partial charge in [-0.1, -0.05) is 12.1 Å². The maximum atomic E-state index is 14.0. The number of hydrogen-bond donors (Lipinski definition) is 1. The van der Waals surface area contributed by atoms with Crippen molar-refractivity contribution in [1.29, 1.82) is 0 Å². The van der Waals surface area contributed by atoms with Gasteiger partial charge in [-0.15, -0.1) is 0 Å². The van der Waals surface area contributed by atoms with Crippen LogP contribution in [-0.4, -0.2) is 16.7 Å². The Hall–Kier alpha value is -2.77. The fraction of sp³-hybridized carbons (Fsp3) is 0.316. The Morgan fingerprint density at radius 1 is 1.19 bits per heavy atom. The van der Waals surface area contributed by atoms with E-state index in [-0.39, 0.29) is 29.2 Å². The van der Waals surface area contributed by atoms with Crippen LogP contribution in [-0.2, 0) is 23.9 Å². The molecule has 1 aromatic carbocycles. The molecule has 0 unspecified atom stereocenters. The van der Waals surface area contributed by atoms with E-state index in [1.807, 2.05) is 0 Å². The first-order valence-electron chi connectivity index (χ1n) is 8.36. The molecule has 3 rings (SSSR count). The molecule has 1 amide bonds. The van der Waals surface area contributed by atoms with E-state index in [4.69, 9.17) is 0 Å². The van der Waals surface area contributed by atoms with Gasteiger partial charge in [-0.05, 0) is 31.0 Å². The highest BCUT2D eigenvalue weighted by atomic mass is 19.4. The Bertz CT molecular complexity index is 876. The molecule has 1 saturated carbocycles. The van der Waals surface area contributed by atoms with Crippen molar-refractivity contribution in [3.05, 3.63) is 64.7 Å². The maximum Gasteiger partial charge on any atom is 0.419 e. The molecule has 8 heteroatoms. The van der Waals surface area contributed by atoms with E-state index >= 15 is 0 Å². The van der Waals surface area contributed by atoms with Crippen molar-refractivity contribution >= 4 is 11.7 Å². The van der Waals surface area contributed by atoms with Gasteiger partial charge in [0, 0.05) is 41.9 Å². The van der Waals surface area contributed by atoms with E-state index in [1.165, 1.54) is 24.4 Å². The van der Waals surface area contributed by atoms with Crippen LogP contribution >= 0.6 is 0 Å². The summed E-state index contributed by atoms with van der Waals surface area (Å²) in [5.41, 5.74) is -0.990. The lowest BCUT2D eigenvalue weighted by atomic mass is 10.1. The van der Waals surface area contributed by atoms with Crippen LogP contribution in [0.15, 0.2) is 36.5 Å². The number of rotatable bonds is 6. The zero-order valence-corrected chi connectivity index (χ0v) is 14.1. The summed E-state index contributed by atoms with van der Waals surface area (Å²) in [4.78, 5) is 28.1. The lowest BCUT2D eigenvalue weighted by Crippen LogP contribution is -2.24. The number of nitrogens with one attached hydrogen (secondary N) is 1. The summed E-state index contributed by atoms with van der Waals surface area (Å²) >= 11 is 0. The first-order valence-corrected chi connectivity index (χ1v) is 8.36. The van der Waals surface area contributed by atoms with Gasteiger partial charge < -0.3 is 5.32 Å². The first kappa shape index (κ1) is 19.0. The van der Waals surface area contributed by atoms with Gasteiger partial charge in [0.15, 0.2) is 0 Å². The Morgan fingerprint density at radius 2 is 1.93 bits per heavy atom. The monoisotopic (exact) mass is 380 g/mol. The molecule has 1 aliphatic rings. The minimum atomic E-state index is -4.81. The second-order valence-corrected chi connectivity index (χ2v) is 6.41. The van der Waals surface area contributed by atoms with E-state index in [1.54, 1.807) is 0 Å². The molecule has 1 fully saturated rings. The van der Waals surface area contributed by atoms with Crippen molar-refractivity contribution < 1.29 is 27.2 Å². The number of halogens is 4. The van der Waals surface area contributed by atoms with E-state index < -0.39 is 30.0 Å². The zero-order chi connectivity index (χ0) is 19.6. The fourth-order valence-corrected chi connectivity index (χ4v) is 2.66. The molecule has 1 N–H and O–H groups in total. The number of alkyl halides is 3. The van der Waals surface area contributed by atoms with Gasteiger partial charge in [0.1, 0.15) is 11.6 Å². The minimum absolute atomic E-state index is 0.0751. The standard InChI is InChI=1S/C19H16F4N2O2/c20-17-13(2-1-3-15(17)19(21,22)23)10-25-18(27)12-6-7-24-14(8-12)9-16(26)11-4-5-11/h1-3,6-8,11H,4-5,9-10H2,(H,25,27). The molecular weight excluding hydrogens is 364 g/mol. The summed E-state index contributed by atoms with van der Waals surface area (Å²) in [7, 11) is 0. The lowest BCUT2D eigenvalue weighted by molar-refractivity contribution is -0.140. The molecule has 1 aromatic heterocycles. The highest BCUT2D eigenvalue weighted by molar-refractivity contribution is 5.94. The van der Waals surface area contributed by atoms with E-state index in [0.29, 0.717) is 11.8 Å². The molecule has 142 valence electrons. The number of Topliss-reactive ketones (excluding diaryl/α,β-unsaturated/α-hetero) is 1. The van der Waals surface area contributed by atoms with Crippen LogP contribution in [0.25, 0.3) is 0 Å². The van der Waals surface area contributed by atoms with Crippen LogP contribution in [0, 0.1) is 11.7 Å². The molecule has 1 aliphatic carbocycles. The molecule has 0 spiro atoms. The molecular formula is C19H16F4N2O2. The van der Waals surface area contributed by atoms with Crippen molar-refractivity contribution in [1.82, 2.24) is 10.3 Å².